The maximum atomic E-state index is 12.6. The van der Waals surface area contributed by atoms with Gasteiger partial charge in [-0.05, 0) is 58.6 Å². The summed E-state index contributed by atoms with van der Waals surface area (Å²) in [6.45, 7) is 5.34. The maximum Gasteiger partial charge on any atom is 0.412 e. The minimum absolute atomic E-state index is 0.0987. The third-order valence-corrected chi connectivity index (χ3v) is 3.94. The molecule has 0 aliphatic heterocycles. The van der Waals surface area contributed by atoms with Gasteiger partial charge in [0.25, 0.3) is 5.56 Å². The van der Waals surface area contributed by atoms with Crippen molar-refractivity contribution in [3.05, 3.63) is 28.7 Å². The Labute approximate surface area is 136 Å². The molecule has 2 atom stereocenters. The van der Waals surface area contributed by atoms with Crippen LogP contribution in [0.15, 0.2) is 23.1 Å². The molecule has 1 aromatic rings. The zero-order valence-corrected chi connectivity index (χ0v) is 14.3. The summed E-state index contributed by atoms with van der Waals surface area (Å²) in [5.74, 6) is 0. The summed E-state index contributed by atoms with van der Waals surface area (Å²) in [4.78, 5) is 24.5. The van der Waals surface area contributed by atoms with Crippen molar-refractivity contribution in [2.24, 2.45) is 0 Å². The van der Waals surface area contributed by atoms with Crippen molar-refractivity contribution < 1.29 is 14.3 Å². The largest absolute Gasteiger partial charge is 0.444 e. The lowest BCUT2D eigenvalue weighted by Crippen LogP contribution is -2.34. The zero-order valence-electron chi connectivity index (χ0n) is 14.3. The first-order valence-corrected chi connectivity index (χ1v) is 8.04. The fraction of sp³-hybridized carbons (Fsp3) is 0.647. The monoisotopic (exact) mass is 322 g/mol. The Morgan fingerprint density at radius 3 is 2.74 bits per heavy atom. The summed E-state index contributed by atoms with van der Waals surface area (Å²) in [5, 5.41) is 2.55. The molecule has 1 fully saturated rings. The van der Waals surface area contributed by atoms with Gasteiger partial charge in [-0.2, -0.15) is 0 Å². The van der Waals surface area contributed by atoms with Gasteiger partial charge >= 0.3 is 6.09 Å². The van der Waals surface area contributed by atoms with Gasteiger partial charge in [-0.1, -0.05) is 0 Å². The number of rotatable bonds is 3. The number of hydrogen-bond acceptors (Lipinski definition) is 4. The first kappa shape index (κ1) is 17.5. The van der Waals surface area contributed by atoms with E-state index in [2.05, 4.69) is 5.32 Å². The first-order valence-electron chi connectivity index (χ1n) is 8.04. The lowest BCUT2D eigenvalue weighted by Gasteiger charge is -2.29. The molecule has 1 aliphatic rings. The standard InChI is InChI=1S/C17H26N2O4/c1-17(2,3)23-16(21)18-14-9-6-10-19(15(14)20)12-7-5-8-13(11-12)22-4/h6,9-10,12-13H,5,7-8,11H2,1-4H3,(H,18,21)/t12?,13-/m0/s1. The van der Waals surface area contributed by atoms with E-state index >= 15 is 0 Å². The second kappa shape index (κ2) is 7.17. The fourth-order valence-electron chi connectivity index (χ4n) is 2.89. The van der Waals surface area contributed by atoms with Gasteiger partial charge in [-0.3, -0.25) is 10.1 Å². The van der Waals surface area contributed by atoms with E-state index in [0.29, 0.717) is 0 Å². The van der Waals surface area contributed by atoms with E-state index < -0.39 is 11.7 Å². The summed E-state index contributed by atoms with van der Waals surface area (Å²) < 4.78 is 12.3. The smallest absolute Gasteiger partial charge is 0.412 e. The number of carbonyl (C=O) groups is 1. The number of hydrogen-bond donors (Lipinski definition) is 1. The molecular formula is C17H26N2O4. The molecule has 1 heterocycles. The van der Waals surface area contributed by atoms with Gasteiger partial charge in [0.1, 0.15) is 11.3 Å². The number of pyridine rings is 1. The predicted molar refractivity (Wildman–Crippen MR) is 88.9 cm³/mol. The van der Waals surface area contributed by atoms with Crippen LogP contribution in [0.25, 0.3) is 0 Å². The molecule has 1 saturated carbocycles. The third kappa shape index (κ3) is 4.82. The molecule has 1 aromatic heterocycles. The van der Waals surface area contributed by atoms with Crippen molar-refractivity contribution in [1.82, 2.24) is 4.57 Å². The Bertz CT molecular complexity index is 603. The van der Waals surface area contributed by atoms with Crippen molar-refractivity contribution in [2.75, 3.05) is 12.4 Å². The molecule has 1 N–H and O–H groups in total. The SMILES string of the molecule is CO[C@H]1CCCC(n2cccc(NC(=O)OC(C)(C)C)c2=O)C1. The Hall–Kier alpha value is -1.82. The Balaban J connectivity index is 2.15. The number of nitrogens with one attached hydrogen (secondary N) is 1. The average molecular weight is 322 g/mol. The van der Waals surface area contributed by atoms with Crippen LogP contribution in [0.5, 0.6) is 0 Å². The van der Waals surface area contributed by atoms with Crippen LogP contribution in [-0.4, -0.2) is 29.5 Å². The fourth-order valence-corrected chi connectivity index (χ4v) is 2.89. The van der Waals surface area contributed by atoms with Gasteiger partial charge < -0.3 is 14.0 Å². The second-order valence-electron chi connectivity index (χ2n) is 6.94. The van der Waals surface area contributed by atoms with Crippen LogP contribution in [0.4, 0.5) is 10.5 Å². The Morgan fingerprint density at radius 2 is 2.09 bits per heavy atom. The van der Waals surface area contributed by atoms with E-state index in [-0.39, 0.29) is 23.4 Å². The molecule has 1 unspecified atom stereocenters. The van der Waals surface area contributed by atoms with E-state index in [4.69, 9.17) is 9.47 Å². The molecule has 1 aliphatic carbocycles. The topological polar surface area (TPSA) is 69.6 Å². The molecule has 0 saturated heterocycles. The average Bonchev–Trinajstić information content (AvgIpc) is 2.47. The number of aromatic nitrogens is 1. The highest BCUT2D eigenvalue weighted by Gasteiger charge is 2.24. The number of amides is 1. The first-order chi connectivity index (χ1) is 10.8. The summed E-state index contributed by atoms with van der Waals surface area (Å²) in [7, 11) is 1.70. The van der Waals surface area contributed by atoms with Gasteiger partial charge in [0.15, 0.2) is 0 Å². The van der Waals surface area contributed by atoms with Gasteiger partial charge in [0, 0.05) is 19.3 Å². The minimum Gasteiger partial charge on any atom is -0.444 e. The molecule has 6 nitrogen and oxygen atoms in total. The summed E-state index contributed by atoms with van der Waals surface area (Å²) in [5.41, 5.74) is -0.575. The lowest BCUT2D eigenvalue weighted by molar-refractivity contribution is 0.0524. The molecule has 1 amide bonds. The molecular weight excluding hydrogens is 296 g/mol. The van der Waals surface area contributed by atoms with Crippen LogP contribution in [-0.2, 0) is 9.47 Å². The molecule has 128 valence electrons. The number of ether oxygens (including phenoxy) is 2. The lowest BCUT2D eigenvalue weighted by atomic mass is 9.92. The van der Waals surface area contributed by atoms with Crippen molar-refractivity contribution in [3.8, 4) is 0 Å². The van der Waals surface area contributed by atoms with E-state index in [1.54, 1.807) is 50.8 Å². The Kier molecular flexibility index (Phi) is 5.46. The predicted octanol–water partition coefficient (Wildman–Crippen LogP) is 3.33. The van der Waals surface area contributed by atoms with Crippen molar-refractivity contribution in [1.29, 1.82) is 0 Å². The van der Waals surface area contributed by atoms with E-state index in [1.165, 1.54) is 0 Å². The van der Waals surface area contributed by atoms with Gasteiger partial charge in [-0.15, -0.1) is 0 Å². The van der Waals surface area contributed by atoms with Gasteiger partial charge in [0.2, 0.25) is 0 Å². The van der Waals surface area contributed by atoms with E-state index in [1.807, 2.05) is 0 Å². The number of carbonyl (C=O) groups excluding carboxylic acids is 1. The van der Waals surface area contributed by atoms with Crippen LogP contribution in [0.3, 0.4) is 0 Å². The molecule has 0 spiro atoms. The third-order valence-electron chi connectivity index (χ3n) is 3.94. The molecule has 0 radical (unpaired) electrons. The van der Waals surface area contributed by atoms with Crippen molar-refractivity contribution >= 4 is 11.8 Å². The summed E-state index contributed by atoms with van der Waals surface area (Å²) in [6, 6.07) is 3.46. The second-order valence-corrected chi connectivity index (χ2v) is 6.94. The molecule has 6 heteroatoms. The number of nitrogens with zero attached hydrogens (tertiary/aromatic N) is 1. The molecule has 0 bridgehead atoms. The zero-order chi connectivity index (χ0) is 17.0. The van der Waals surface area contributed by atoms with Gasteiger partial charge in [0.05, 0.1) is 6.10 Å². The normalized spacial score (nSPS) is 21.7. The highest BCUT2D eigenvalue weighted by Crippen LogP contribution is 2.29. The van der Waals surface area contributed by atoms with Crippen molar-refractivity contribution in [3.63, 3.8) is 0 Å². The summed E-state index contributed by atoms with van der Waals surface area (Å²) >= 11 is 0. The maximum absolute atomic E-state index is 12.6. The molecule has 2 rings (SSSR count). The highest BCUT2D eigenvalue weighted by atomic mass is 16.6. The van der Waals surface area contributed by atoms with Crippen molar-refractivity contribution in [2.45, 2.75) is 64.2 Å². The van der Waals surface area contributed by atoms with Crippen LogP contribution in [0.1, 0.15) is 52.5 Å². The number of methoxy groups -OCH3 is 1. The van der Waals surface area contributed by atoms with Crippen LogP contribution >= 0.6 is 0 Å². The van der Waals surface area contributed by atoms with Crippen LogP contribution < -0.4 is 10.9 Å². The Morgan fingerprint density at radius 1 is 1.35 bits per heavy atom. The minimum atomic E-state index is -0.620. The molecule has 0 aromatic carbocycles. The quantitative estimate of drug-likeness (QED) is 0.927. The number of anilines is 1. The summed E-state index contributed by atoms with van der Waals surface area (Å²) in [6.07, 6.45) is 5.14. The van der Waals surface area contributed by atoms with E-state index in [0.717, 1.165) is 25.7 Å². The van der Waals surface area contributed by atoms with E-state index in [9.17, 15) is 9.59 Å². The molecule has 23 heavy (non-hydrogen) atoms. The van der Waals surface area contributed by atoms with Crippen LogP contribution in [0.2, 0.25) is 0 Å². The van der Waals surface area contributed by atoms with Crippen LogP contribution in [0, 0.1) is 0 Å². The highest BCUT2D eigenvalue weighted by molar-refractivity contribution is 5.84. The van der Waals surface area contributed by atoms with Gasteiger partial charge in [-0.25, -0.2) is 4.79 Å².